The summed E-state index contributed by atoms with van der Waals surface area (Å²) in [6.45, 7) is -0.615. The first-order valence-corrected chi connectivity index (χ1v) is 14.2. The summed E-state index contributed by atoms with van der Waals surface area (Å²) in [6, 6.07) is 19.7. The van der Waals surface area contributed by atoms with Crippen LogP contribution in [0.1, 0.15) is 11.1 Å². The van der Waals surface area contributed by atoms with Gasteiger partial charge in [0, 0.05) is 30.1 Å². The summed E-state index contributed by atoms with van der Waals surface area (Å²) >= 11 is 12.6. The minimum Gasteiger partial charge on any atom is -0.495 e. The standard InChI is InChI=1S/C27H29Cl2N3O5S/c1-30-27(34)24(15-19-9-5-4-6-10-19)31(17-20-11-7-8-12-22(20)29)26(33)18-32(38(3,35)36)23-16-21(28)13-14-25(23)37-2/h4-14,16,24H,15,17-18H2,1-3H3,(H,30,34). The van der Waals surface area contributed by atoms with Crippen molar-refractivity contribution >= 4 is 50.7 Å². The number of amides is 2. The average Bonchev–Trinajstić information content (AvgIpc) is 2.89. The van der Waals surface area contributed by atoms with Crippen molar-refractivity contribution in [3.63, 3.8) is 0 Å². The molecule has 1 N–H and O–H groups in total. The molecule has 1 unspecified atom stereocenters. The number of nitrogens with zero attached hydrogens (tertiary/aromatic N) is 2. The van der Waals surface area contributed by atoms with Crippen LogP contribution >= 0.6 is 23.2 Å². The van der Waals surface area contributed by atoms with E-state index in [1.165, 1.54) is 31.2 Å². The van der Waals surface area contributed by atoms with Gasteiger partial charge in [0.05, 0.1) is 19.1 Å². The van der Waals surface area contributed by atoms with Crippen LogP contribution in [0.15, 0.2) is 72.8 Å². The lowest BCUT2D eigenvalue weighted by molar-refractivity contribution is -0.139. The van der Waals surface area contributed by atoms with E-state index in [2.05, 4.69) is 5.32 Å². The Bertz CT molecular complexity index is 1390. The van der Waals surface area contributed by atoms with E-state index < -0.39 is 34.4 Å². The number of rotatable bonds is 11. The number of carbonyl (C=O) groups is 2. The second kappa shape index (κ2) is 13.0. The third-order valence-corrected chi connectivity index (χ3v) is 7.64. The summed E-state index contributed by atoms with van der Waals surface area (Å²) in [7, 11) is -1.09. The highest BCUT2D eigenvalue weighted by Gasteiger charge is 2.33. The van der Waals surface area contributed by atoms with E-state index in [1.807, 2.05) is 30.3 Å². The molecule has 0 radical (unpaired) electrons. The molecule has 3 aromatic carbocycles. The molecule has 0 bridgehead atoms. The van der Waals surface area contributed by atoms with Crippen LogP contribution in [0.4, 0.5) is 5.69 Å². The fraction of sp³-hybridized carbons (Fsp3) is 0.259. The molecule has 2 amide bonds. The molecule has 0 fully saturated rings. The molecule has 0 aliphatic heterocycles. The summed E-state index contributed by atoms with van der Waals surface area (Å²) < 4.78 is 32.0. The first kappa shape index (κ1) is 29.3. The van der Waals surface area contributed by atoms with Gasteiger partial charge in [0.2, 0.25) is 21.8 Å². The zero-order valence-corrected chi connectivity index (χ0v) is 23.6. The number of halogens is 2. The van der Waals surface area contributed by atoms with E-state index in [9.17, 15) is 18.0 Å². The van der Waals surface area contributed by atoms with Crippen LogP contribution < -0.4 is 14.4 Å². The molecule has 1 atom stereocenters. The van der Waals surface area contributed by atoms with Gasteiger partial charge in [-0.3, -0.25) is 13.9 Å². The molecule has 0 saturated heterocycles. The summed E-state index contributed by atoms with van der Waals surface area (Å²) in [4.78, 5) is 28.4. The van der Waals surface area contributed by atoms with Crippen molar-refractivity contribution < 1.29 is 22.7 Å². The molecule has 0 aliphatic rings. The van der Waals surface area contributed by atoms with E-state index in [0.29, 0.717) is 10.6 Å². The Morgan fingerprint density at radius 1 is 1.00 bits per heavy atom. The van der Waals surface area contributed by atoms with Crippen LogP contribution in [-0.4, -0.2) is 58.1 Å². The van der Waals surface area contributed by atoms with E-state index in [0.717, 1.165) is 16.1 Å². The molecule has 3 rings (SSSR count). The zero-order chi connectivity index (χ0) is 27.9. The predicted molar refractivity (Wildman–Crippen MR) is 150 cm³/mol. The third kappa shape index (κ3) is 7.40. The number of carbonyl (C=O) groups excluding carboxylic acids is 2. The normalized spacial score (nSPS) is 11.9. The number of methoxy groups -OCH3 is 1. The smallest absolute Gasteiger partial charge is 0.244 e. The number of hydrogen-bond donors (Lipinski definition) is 1. The van der Waals surface area contributed by atoms with E-state index in [-0.39, 0.29) is 29.4 Å². The lowest BCUT2D eigenvalue weighted by Gasteiger charge is -2.33. The highest BCUT2D eigenvalue weighted by molar-refractivity contribution is 7.92. The third-order valence-electron chi connectivity index (χ3n) is 5.90. The quantitative estimate of drug-likeness (QED) is 0.369. The Morgan fingerprint density at radius 2 is 1.66 bits per heavy atom. The molecule has 8 nitrogen and oxygen atoms in total. The molecule has 3 aromatic rings. The number of ether oxygens (including phenoxy) is 1. The van der Waals surface area contributed by atoms with E-state index in [1.54, 1.807) is 30.3 Å². The van der Waals surface area contributed by atoms with Gasteiger partial charge >= 0.3 is 0 Å². The van der Waals surface area contributed by atoms with Crippen molar-refractivity contribution in [3.05, 3.63) is 94.0 Å². The molecule has 0 heterocycles. The molecule has 0 saturated carbocycles. The first-order chi connectivity index (χ1) is 18.0. The fourth-order valence-corrected chi connectivity index (χ4v) is 5.19. The van der Waals surface area contributed by atoms with Gasteiger partial charge < -0.3 is 15.0 Å². The average molecular weight is 579 g/mol. The van der Waals surface area contributed by atoms with Crippen molar-refractivity contribution in [2.45, 2.75) is 19.0 Å². The van der Waals surface area contributed by atoms with Crippen LogP contribution in [0.25, 0.3) is 0 Å². The van der Waals surface area contributed by atoms with Crippen molar-refractivity contribution in [3.8, 4) is 5.75 Å². The van der Waals surface area contributed by atoms with Gasteiger partial charge in [-0.05, 0) is 35.4 Å². The minimum absolute atomic E-state index is 0.0201. The Kier molecular flexibility index (Phi) is 10.0. The summed E-state index contributed by atoms with van der Waals surface area (Å²) in [5.74, 6) is -0.792. The van der Waals surface area contributed by atoms with Crippen LogP contribution in [0.2, 0.25) is 10.0 Å². The largest absolute Gasteiger partial charge is 0.495 e. The molecule has 0 aromatic heterocycles. The predicted octanol–water partition coefficient (Wildman–Crippen LogP) is 4.15. The molecular weight excluding hydrogens is 549 g/mol. The molecule has 38 heavy (non-hydrogen) atoms. The highest BCUT2D eigenvalue weighted by atomic mass is 35.5. The monoisotopic (exact) mass is 577 g/mol. The molecular formula is C27H29Cl2N3O5S. The number of nitrogens with one attached hydrogen (secondary N) is 1. The first-order valence-electron chi connectivity index (χ1n) is 11.6. The van der Waals surface area contributed by atoms with Crippen LogP contribution in [0.3, 0.4) is 0 Å². The molecule has 0 spiro atoms. The summed E-state index contributed by atoms with van der Waals surface area (Å²) in [5.41, 5.74) is 1.54. The van der Waals surface area contributed by atoms with Crippen LogP contribution in [0, 0.1) is 0 Å². The summed E-state index contributed by atoms with van der Waals surface area (Å²) in [5, 5.41) is 3.31. The Hall–Kier alpha value is -3.27. The van der Waals surface area contributed by atoms with Gasteiger partial charge in [0.15, 0.2) is 0 Å². The van der Waals surface area contributed by atoms with E-state index >= 15 is 0 Å². The summed E-state index contributed by atoms with van der Waals surface area (Å²) in [6.07, 6.45) is 1.19. The van der Waals surface area contributed by atoms with Gasteiger partial charge in [-0.2, -0.15) is 0 Å². The lowest BCUT2D eigenvalue weighted by atomic mass is 10.0. The van der Waals surface area contributed by atoms with Gasteiger partial charge in [0.1, 0.15) is 18.3 Å². The molecule has 11 heteroatoms. The molecule has 0 aliphatic carbocycles. The highest BCUT2D eigenvalue weighted by Crippen LogP contribution is 2.33. The number of benzene rings is 3. The van der Waals surface area contributed by atoms with Crippen molar-refractivity contribution in [2.75, 3.05) is 31.3 Å². The van der Waals surface area contributed by atoms with Crippen molar-refractivity contribution in [1.82, 2.24) is 10.2 Å². The zero-order valence-electron chi connectivity index (χ0n) is 21.2. The lowest BCUT2D eigenvalue weighted by Crippen LogP contribution is -2.53. The maximum absolute atomic E-state index is 13.9. The van der Waals surface area contributed by atoms with Gasteiger partial charge in [0.25, 0.3) is 0 Å². The topological polar surface area (TPSA) is 96.0 Å². The van der Waals surface area contributed by atoms with Gasteiger partial charge in [-0.1, -0.05) is 71.7 Å². The van der Waals surface area contributed by atoms with Crippen molar-refractivity contribution in [1.29, 1.82) is 0 Å². The Balaban J connectivity index is 2.08. The SMILES string of the molecule is CNC(=O)C(Cc1ccccc1)N(Cc1ccccc1Cl)C(=O)CN(c1cc(Cl)ccc1OC)S(C)(=O)=O. The number of likely N-dealkylation sites (N-methyl/N-ethyl adjacent to an activating group) is 1. The number of anilines is 1. The Morgan fingerprint density at radius 3 is 2.26 bits per heavy atom. The minimum atomic E-state index is -3.97. The van der Waals surface area contributed by atoms with Gasteiger partial charge in [-0.25, -0.2) is 8.42 Å². The van der Waals surface area contributed by atoms with Crippen molar-refractivity contribution in [2.24, 2.45) is 0 Å². The maximum atomic E-state index is 13.9. The van der Waals surface area contributed by atoms with Crippen LogP contribution in [-0.2, 0) is 32.6 Å². The fourth-order valence-electron chi connectivity index (χ4n) is 3.98. The van der Waals surface area contributed by atoms with Gasteiger partial charge in [-0.15, -0.1) is 0 Å². The second-order valence-electron chi connectivity index (χ2n) is 8.52. The van der Waals surface area contributed by atoms with Crippen LogP contribution in [0.5, 0.6) is 5.75 Å². The Labute approximate surface area is 233 Å². The molecule has 202 valence electrons. The number of sulfonamides is 1. The maximum Gasteiger partial charge on any atom is 0.244 e. The number of hydrogen-bond acceptors (Lipinski definition) is 5. The second-order valence-corrected chi connectivity index (χ2v) is 11.3. The van der Waals surface area contributed by atoms with E-state index in [4.69, 9.17) is 27.9 Å².